The Kier molecular flexibility index (Phi) is 4.25. The second-order valence-corrected chi connectivity index (χ2v) is 5.72. The number of carbonyl (C=O) groups is 3. The van der Waals surface area contributed by atoms with Crippen molar-refractivity contribution < 1.29 is 14.4 Å². The number of rotatable bonds is 3. The maximum absolute atomic E-state index is 12.4. The van der Waals surface area contributed by atoms with E-state index in [0.29, 0.717) is 15.1 Å². The first-order valence-electron chi connectivity index (χ1n) is 5.65. The van der Waals surface area contributed by atoms with E-state index in [4.69, 9.17) is 11.6 Å². The normalized spacial score (nSPS) is 19.0. The number of imide groups is 2. The highest BCUT2D eigenvalue weighted by Crippen LogP contribution is 2.29. The number of carbonyl (C=O) groups excluding carboxylic acids is 3. The maximum Gasteiger partial charge on any atom is 0.331 e. The number of amides is 4. The molecular weight excluding hydrogens is 348 g/mol. The molecule has 0 spiro atoms. The molecule has 7 heteroatoms. The van der Waals surface area contributed by atoms with Crippen LogP contribution in [-0.2, 0) is 9.59 Å². The number of benzene rings is 1. The minimum atomic E-state index is -1.13. The van der Waals surface area contributed by atoms with E-state index in [-0.39, 0.29) is 6.54 Å². The molecule has 1 aromatic carbocycles. The summed E-state index contributed by atoms with van der Waals surface area (Å²) in [5, 5.41) is 2.45. The van der Waals surface area contributed by atoms with Crippen LogP contribution in [0.25, 0.3) is 0 Å². The molecular formula is C13H10BrClN2O3. The lowest BCUT2D eigenvalue weighted by Gasteiger charge is -2.30. The van der Waals surface area contributed by atoms with E-state index < -0.39 is 23.8 Å². The third kappa shape index (κ3) is 2.76. The summed E-state index contributed by atoms with van der Waals surface area (Å²) in [5.41, 5.74) is 0.370. The van der Waals surface area contributed by atoms with E-state index in [1.165, 1.54) is 0 Å². The van der Waals surface area contributed by atoms with Crippen LogP contribution in [0, 0.1) is 0 Å². The fourth-order valence-corrected chi connectivity index (χ4v) is 2.41. The number of halogens is 2. The van der Waals surface area contributed by atoms with Crippen molar-refractivity contribution in [3.8, 4) is 0 Å². The molecule has 1 fully saturated rings. The van der Waals surface area contributed by atoms with Crippen molar-refractivity contribution in [3.63, 3.8) is 0 Å². The highest BCUT2D eigenvalue weighted by molar-refractivity contribution is 9.11. The molecule has 1 saturated heterocycles. The summed E-state index contributed by atoms with van der Waals surface area (Å²) < 4.78 is 0.452. The Morgan fingerprint density at radius 3 is 2.60 bits per heavy atom. The van der Waals surface area contributed by atoms with E-state index in [0.717, 1.165) is 4.90 Å². The van der Waals surface area contributed by atoms with E-state index in [2.05, 4.69) is 27.8 Å². The van der Waals surface area contributed by atoms with Crippen LogP contribution in [0.4, 0.5) is 4.79 Å². The van der Waals surface area contributed by atoms with Gasteiger partial charge >= 0.3 is 6.03 Å². The smallest absolute Gasteiger partial charge is 0.277 e. The first-order chi connectivity index (χ1) is 9.41. The van der Waals surface area contributed by atoms with Gasteiger partial charge in [-0.1, -0.05) is 52.3 Å². The third-order valence-corrected chi connectivity index (χ3v) is 3.39. The van der Waals surface area contributed by atoms with Crippen LogP contribution in [0.5, 0.6) is 0 Å². The Morgan fingerprint density at radius 2 is 2.00 bits per heavy atom. The van der Waals surface area contributed by atoms with Crippen LogP contribution in [0.2, 0.25) is 5.02 Å². The number of hydrogen-bond acceptors (Lipinski definition) is 3. The molecule has 1 aliphatic rings. The molecule has 4 amide bonds. The van der Waals surface area contributed by atoms with Gasteiger partial charge in [-0.2, -0.15) is 0 Å². The van der Waals surface area contributed by atoms with Gasteiger partial charge in [0.15, 0.2) is 0 Å². The first-order valence-corrected chi connectivity index (χ1v) is 6.83. The highest BCUT2D eigenvalue weighted by Gasteiger charge is 2.42. The van der Waals surface area contributed by atoms with Gasteiger partial charge in [0.2, 0.25) is 11.8 Å². The lowest BCUT2D eigenvalue weighted by atomic mass is 9.95. The first kappa shape index (κ1) is 14.7. The molecule has 0 radical (unpaired) electrons. The molecule has 0 aromatic heterocycles. The molecule has 1 N–H and O–H groups in total. The zero-order valence-corrected chi connectivity index (χ0v) is 12.6. The van der Waals surface area contributed by atoms with Crippen molar-refractivity contribution in [3.05, 3.63) is 45.9 Å². The zero-order valence-electron chi connectivity index (χ0n) is 10.2. The SMILES string of the molecule is C=C(Br)CN1C(=O)NC(=O)C(c2ccccc2Cl)C1=O. The van der Waals surface area contributed by atoms with Crippen LogP contribution < -0.4 is 5.32 Å². The molecule has 1 atom stereocenters. The molecule has 0 saturated carbocycles. The van der Waals surface area contributed by atoms with Crippen LogP contribution in [0.3, 0.4) is 0 Å². The summed E-state index contributed by atoms with van der Waals surface area (Å²) in [5.74, 6) is -2.43. The van der Waals surface area contributed by atoms with E-state index in [1.54, 1.807) is 24.3 Å². The van der Waals surface area contributed by atoms with Crippen molar-refractivity contribution >= 4 is 45.4 Å². The lowest BCUT2D eigenvalue weighted by Crippen LogP contribution is -2.57. The van der Waals surface area contributed by atoms with Gasteiger partial charge in [0, 0.05) is 9.51 Å². The number of nitrogens with one attached hydrogen (secondary N) is 1. The van der Waals surface area contributed by atoms with E-state index >= 15 is 0 Å². The molecule has 104 valence electrons. The summed E-state index contributed by atoms with van der Waals surface area (Å²) in [4.78, 5) is 36.9. The Labute approximate surface area is 128 Å². The second-order valence-electron chi connectivity index (χ2n) is 4.19. The molecule has 2 rings (SSSR count). The topological polar surface area (TPSA) is 66.5 Å². The molecule has 1 unspecified atom stereocenters. The van der Waals surface area contributed by atoms with E-state index in [9.17, 15) is 14.4 Å². The molecule has 0 bridgehead atoms. The molecule has 0 aliphatic carbocycles. The Bertz CT molecular complexity index is 617. The standard InChI is InChI=1S/C13H10BrClN2O3/c1-7(14)6-17-12(19)10(11(18)16-13(17)20)8-4-2-3-5-9(8)15/h2-5,10H,1,6H2,(H,16,18,20). The Hall–Kier alpha value is -1.66. The minimum Gasteiger partial charge on any atom is -0.277 e. The monoisotopic (exact) mass is 356 g/mol. The van der Waals surface area contributed by atoms with Crippen molar-refractivity contribution in [2.45, 2.75) is 5.92 Å². The molecule has 5 nitrogen and oxygen atoms in total. The summed E-state index contributed by atoms with van der Waals surface area (Å²) in [6, 6.07) is 5.78. The van der Waals surface area contributed by atoms with Gasteiger partial charge < -0.3 is 0 Å². The van der Waals surface area contributed by atoms with Gasteiger partial charge in [-0.05, 0) is 11.6 Å². The van der Waals surface area contributed by atoms with Crippen molar-refractivity contribution in [1.82, 2.24) is 10.2 Å². The maximum atomic E-state index is 12.4. The Morgan fingerprint density at radius 1 is 1.35 bits per heavy atom. The average Bonchev–Trinajstić information content (AvgIpc) is 2.36. The third-order valence-electron chi connectivity index (χ3n) is 2.80. The number of nitrogens with zero attached hydrogens (tertiary/aromatic N) is 1. The predicted molar refractivity (Wildman–Crippen MR) is 77.5 cm³/mol. The summed E-state index contributed by atoms with van der Waals surface area (Å²) in [6.07, 6.45) is 0. The van der Waals surface area contributed by atoms with E-state index in [1.807, 2.05) is 0 Å². The van der Waals surface area contributed by atoms with Crippen LogP contribution in [0.15, 0.2) is 35.3 Å². The fourth-order valence-electron chi connectivity index (χ4n) is 1.92. The van der Waals surface area contributed by atoms with Crippen LogP contribution in [0.1, 0.15) is 11.5 Å². The second kappa shape index (κ2) is 5.76. The van der Waals surface area contributed by atoms with Crippen molar-refractivity contribution in [2.75, 3.05) is 6.54 Å². The molecule has 1 aromatic rings. The predicted octanol–water partition coefficient (Wildman–Crippen LogP) is 2.41. The number of urea groups is 1. The molecule has 1 heterocycles. The number of barbiturate groups is 1. The average molecular weight is 358 g/mol. The fraction of sp³-hybridized carbons (Fsp3) is 0.154. The van der Waals surface area contributed by atoms with Gasteiger partial charge in [-0.15, -0.1) is 0 Å². The van der Waals surface area contributed by atoms with Gasteiger partial charge in [0.25, 0.3) is 0 Å². The molecule has 20 heavy (non-hydrogen) atoms. The minimum absolute atomic E-state index is 0.0150. The van der Waals surface area contributed by atoms with Crippen molar-refractivity contribution in [1.29, 1.82) is 0 Å². The van der Waals surface area contributed by atoms with Gasteiger partial charge in [-0.25, -0.2) is 4.79 Å². The lowest BCUT2D eigenvalue weighted by molar-refractivity contribution is -0.138. The van der Waals surface area contributed by atoms with Gasteiger partial charge in [-0.3, -0.25) is 19.8 Å². The van der Waals surface area contributed by atoms with Gasteiger partial charge in [0.05, 0.1) is 6.54 Å². The highest BCUT2D eigenvalue weighted by atomic mass is 79.9. The van der Waals surface area contributed by atoms with Crippen LogP contribution in [-0.4, -0.2) is 29.3 Å². The zero-order chi connectivity index (χ0) is 14.9. The van der Waals surface area contributed by atoms with Gasteiger partial charge in [0.1, 0.15) is 5.92 Å². The summed E-state index contributed by atoms with van der Waals surface area (Å²) in [7, 11) is 0. The van der Waals surface area contributed by atoms with Crippen molar-refractivity contribution in [2.24, 2.45) is 0 Å². The molecule has 1 aliphatic heterocycles. The largest absolute Gasteiger partial charge is 0.331 e. The quantitative estimate of drug-likeness (QED) is 0.845. The van der Waals surface area contributed by atoms with Crippen LogP contribution >= 0.6 is 27.5 Å². The summed E-state index contributed by atoms with van der Waals surface area (Å²) >= 11 is 9.11. The Balaban J connectivity index is 2.40. The number of hydrogen-bond donors (Lipinski definition) is 1. The summed E-state index contributed by atoms with van der Waals surface area (Å²) in [6.45, 7) is 3.57.